The molecule has 0 saturated heterocycles. The Labute approximate surface area is 113 Å². The average Bonchev–Trinajstić information content (AvgIpc) is 2.80. The predicted molar refractivity (Wildman–Crippen MR) is 76.9 cm³/mol. The number of fused-ring (bicyclic) bond motifs is 1. The lowest BCUT2D eigenvalue weighted by Gasteiger charge is -2.15. The molecule has 0 aromatic heterocycles. The first-order chi connectivity index (χ1) is 9.24. The molecule has 2 aromatic rings. The number of benzene rings is 2. The number of aromatic hydroxyl groups is 1. The van der Waals surface area contributed by atoms with Crippen molar-refractivity contribution < 1.29 is 5.11 Å². The summed E-state index contributed by atoms with van der Waals surface area (Å²) in [5.74, 6) is 0.352. The fourth-order valence-electron chi connectivity index (χ4n) is 2.74. The Morgan fingerprint density at radius 1 is 1.21 bits per heavy atom. The van der Waals surface area contributed by atoms with Crippen molar-refractivity contribution in [1.29, 1.82) is 0 Å². The van der Waals surface area contributed by atoms with E-state index in [1.165, 1.54) is 11.1 Å². The van der Waals surface area contributed by atoms with E-state index in [-0.39, 0.29) is 0 Å². The predicted octanol–water partition coefficient (Wildman–Crippen LogP) is 2.75. The summed E-state index contributed by atoms with van der Waals surface area (Å²) in [5.41, 5.74) is 10.3. The van der Waals surface area contributed by atoms with E-state index in [0.29, 0.717) is 18.3 Å². The van der Waals surface area contributed by atoms with Crippen LogP contribution >= 0.6 is 0 Å². The summed E-state index contributed by atoms with van der Waals surface area (Å²) >= 11 is 0. The minimum Gasteiger partial charge on any atom is -0.508 e. The Morgan fingerprint density at radius 2 is 2.05 bits per heavy atom. The first-order valence-electron chi connectivity index (χ1n) is 6.62. The van der Waals surface area contributed by atoms with Gasteiger partial charge in [0.1, 0.15) is 5.75 Å². The van der Waals surface area contributed by atoms with Gasteiger partial charge in [-0.05, 0) is 42.2 Å². The molecular weight excluding hydrogens is 236 g/mol. The van der Waals surface area contributed by atoms with Crippen LogP contribution in [0.2, 0.25) is 0 Å². The molecule has 1 unspecified atom stereocenters. The number of phenolic OH excluding ortho intramolecular Hbond substituents is 1. The third-order valence-electron chi connectivity index (χ3n) is 3.78. The molecule has 0 bridgehead atoms. The molecule has 0 heterocycles. The third kappa shape index (κ3) is 2.42. The minimum absolute atomic E-state index is 0.352. The second-order valence-corrected chi connectivity index (χ2v) is 5.06. The van der Waals surface area contributed by atoms with Crippen molar-refractivity contribution in [3.05, 3.63) is 59.2 Å². The monoisotopic (exact) mass is 254 g/mol. The second-order valence-electron chi connectivity index (χ2n) is 5.06. The molecule has 0 saturated carbocycles. The van der Waals surface area contributed by atoms with Crippen molar-refractivity contribution in [2.45, 2.75) is 25.4 Å². The largest absolute Gasteiger partial charge is 0.508 e. The van der Waals surface area contributed by atoms with Gasteiger partial charge in [0.05, 0.1) is 0 Å². The van der Waals surface area contributed by atoms with Gasteiger partial charge in [-0.3, -0.25) is 0 Å². The molecule has 1 atom stereocenters. The molecule has 3 nitrogen and oxygen atoms in total. The fraction of sp³-hybridized carbons (Fsp3) is 0.250. The number of hydrogen-bond acceptors (Lipinski definition) is 3. The van der Waals surface area contributed by atoms with Gasteiger partial charge in [0.15, 0.2) is 0 Å². The molecule has 2 aromatic carbocycles. The highest BCUT2D eigenvalue weighted by Gasteiger charge is 2.21. The van der Waals surface area contributed by atoms with E-state index in [0.717, 1.165) is 24.1 Å². The maximum Gasteiger partial charge on any atom is 0.120 e. The first-order valence-corrected chi connectivity index (χ1v) is 6.62. The van der Waals surface area contributed by atoms with Crippen LogP contribution in [0.25, 0.3) is 0 Å². The van der Waals surface area contributed by atoms with Crippen LogP contribution in [-0.4, -0.2) is 5.11 Å². The van der Waals surface area contributed by atoms with E-state index >= 15 is 0 Å². The van der Waals surface area contributed by atoms with Crippen molar-refractivity contribution in [3.8, 4) is 5.75 Å². The van der Waals surface area contributed by atoms with Crippen LogP contribution in [0.15, 0.2) is 42.5 Å². The van der Waals surface area contributed by atoms with Crippen LogP contribution in [0, 0.1) is 0 Å². The number of nitrogens with two attached hydrogens (primary N) is 1. The SMILES string of the molecule is Nc1ccc2c(c1)CCC2NCc1ccccc1O. The minimum atomic E-state index is 0.352. The lowest BCUT2D eigenvalue weighted by atomic mass is 10.1. The van der Waals surface area contributed by atoms with E-state index in [4.69, 9.17) is 5.73 Å². The van der Waals surface area contributed by atoms with Gasteiger partial charge in [-0.1, -0.05) is 24.3 Å². The normalized spacial score (nSPS) is 17.4. The number of hydrogen-bond donors (Lipinski definition) is 3. The zero-order valence-corrected chi connectivity index (χ0v) is 10.8. The molecule has 1 aliphatic carbocycles. The zero-order valence-electron chi connectivity index (χ0n) is 10.8. The lowest BCUT2D eigenvalue weighted by molar-refractivity contribution is 0.456. The molecule has 3 heteroatoms. The van der Waals surface area contributed by atoms with Gasteiger partial charge in [-0.15, -0.1) is 0 Å². The van der Waals surface area contributed by atoms with Crippen LogP contribution in [-0.2, 0) is 13.0 Å². The standard InChI is InChI=1S/C16H18N2O/c17-13-6-7-14-11(9-13)5-8-15(14)18-10-12-3-1-2-4-16(12)19/h1-4,6-7,9,15,18-19H,5,8,10,17H2. The molecule has 4 N–H and O–H groups in total. The Balaban J connectivity index is 1.72. The molecule has 0 fully saturated rings. The molecule has 0 aliphatic heterocycles. The Bertz CT molecular complexity index is 595. The maximum absolute atomic E-state index is 9.76. The number of phenols is 1. The van der Waals surface area contributed by atoms with Crippen molar-refractivity contribution >= 4 is 5.69 Å². The first kappa shape index (κ1) is 12.1. The highest BCUT2D eigenvalue weighted by Crippen LogP contribution is 2.32. The summed E-state index contributed by atoms with van der Waals surface area (Å²) in [4.78, 5) is 0. The van der Waals surface area contributed by atoms with Gasteiger partial charge in [0.25, 0.3) is 0 Å². The smallest absolute Gasteiger partial charge is 0.120 e. The molecule has 3 rings (SSSR count). The zero-order chi connectivity index (χ0) is 13.2. The Morgan fingerprint density at radius 3 is 2.89 bits per heavy atom. The molecule has 0 spiro atoms. The molecule has 98 valence electrons. The van der Waals surface area contributed by atoms with Crippen LogP contribution < -0.4 is 11.1 Å². The van der Waals surface area contributed by atoms with E-state index in [1.54, 1.807) is 6.07 Å². The van der Waals surface area contributed by atoms with Crippen molar-refractivity contribution in [2.75, 3.05) is 5.73 Å². The molecule has 19 heavy (non-hydrogen) atoms. The fourth-order valence-corrected chi connectivity index (χ4v) is 2.74. The third-order valence-corrected chi connectivity index (χ3v) is 3.78. The van der Waals surface area contributed by atoms with Gasteiger partial charge < -0.3 is 16.2 Å². The summed E-state index contributed by atoms with van der Waals surface area (Å²) in [6.07, 6.45) is 2.16. The summed E-state index contributed by atoms with van der Waals surface area (Å²) < 4.78 is 0. The van der Waals surface area contributed by atoms with Gasteiger partial charge in [-0.2, -0.15) is 0 Å². The Hall–Kier alpha value is -2.00. The van der Waals surface area contributed by atoms with Crippen LogP contribution in [0.4, 0.5) is 5.69 Å². The van der Waals surface area contributed by atoms with E-state index in [2.05, 4.69) is 17.4 Å². The van der Waals surface area contributed by atoms with Gasteiger partial charge in [-0.25, -0.2) is 0 Å². The van der Waals surface area contributed by atoms with Gasteiger partial charge in [0.2, 0.25) is 0 Å². The van der Waals surface area contributed by atoms with Crippen molar-refractivity contribution in [2.24, 2.45) is 0 Å². The highest BCUT2D eigenvalue weighted by atomic mass is 16.3. The quantitative estimate of drug-likeness (QED) is 0.738. The number of nitrogens with one attached hydrogen (secondary N) is 1. The topological polar surface area (TPSA) is 58.3 Å². The molecule has 1 aliphatic rings. The summed E-state index contributed by atoms with van der Waals surface area (Å²) in [7, 11) is 0. The van der Waals surface area contributed by atoms with E-state index in [1.807, 2.05) is 24.3 Å². The number of rotatable bonds is 3. The number of nitrogen functional groups attached to an aromatic ring is 1. The number of aryl methyl sites for hydroxylation is 1. The second kappa shape index (κ2) is 4.94. The van der Waals surface area contributed by atoms with Crippen molar-refractivity contribution in [3.63, 3.8) is 0 Å². The van der Waals surface area contributed by atoms with Gasteiger partial charge in [0, 0.05) is 23.8 Å². The Kier molecular flexibility index (Phi) is 3.13. The molecule has 0 radical (unpaired) electrons. The van der Waals surface area contributed by atoms with Crippen LogP contribution in [0.1, 0.15) is 29.2 Å². The number of anilines is 1. The highest BCUT2D eigenvalue weighted by molar-refractivity contribution is 5.47. The van der Waals surface area contributed by atoms with E-state index < -0.39 is 0 Å². The van der Waals surface area contributed by atoms with Crippen LogP contribution in [0.3, 0.4) is 0 Å². The average molecular weight is 254 g/mol. The van der Waals surface area contributed by atoms with Crippen LogP contribution in [0.5, 0.6) is 5.75 Å². The van der Waals surface area contributed by atoms with E-state index in [9.17, 15) is 5.11 Å². The number of para-hydroxylation sites is 1. The lowest BCUT2D eigenvalue weighted by Crippen LogP contribution is -2.18. The van der Waals surface area contributed by atoms with Crippen molar-refractivity contribution in [1.82, 2.24) is 5.32 Å². The summed E-state index contributed by atoms with van der Waals surface area (Å²) in [5, 5.41) is 13.3. The van der Waals surface area contributed by atoms with Gasteiger partial charge >= 0.3 is 0 Å². The molecular formula is C16H18N2O. The maximum atomic E-state index is 9.76. The summed E-state index contributed by atoms with van der Waals surface area (Å²) in [6, 6.07) is 13.9. The summed E-state index contributed by atoms with van der Waals surface area (Å²) in [6.45, 7) is 0.682. The molecule has 0 amide bonds.